The van der Waals surface area contributed by atoms with Gasteiger partial charge in [0.25, 0.3) is 0 Å². The molecular formula is C28H29BrO5. The summed E-state index contributed by atoms with van der Waals surface area (Å²) in [5.74, 6) is 0.612. The zero-order valence-corrected chi connectivity index (χ0v) is 20.9. The second-order valence-electron chi connectivity index (χ2n) is 7.90. The SMILES string of the molecule is CCCCCCCCOc1ccc(OC(=O)c2ccc(C(=O)Oc3ccc(Br)cc3)cc2)cc1. The van der Waals surface area contributed by atoms with Gasteiger partial charge in [0.2, 0.25) is 0 Å². The molecule has 0 fully saturated rings. The largest absolute Gasteiger partial charge is 0.494 e. The summed E-state index contributed by atoms with van der Waals surface area (Å²) >= 11 is 3.34. The molecule has 0 N–H and O–H groups in total. The van der Waals surface area contributed by atoms with Crippen molar-refractivity contribution in [1.29, 1.82) is 0 Å². The van der Waals surface area contributed by atoms with Gasteiger partial charge >= 0.3 is 11.9 Å². The molecule has 34 heavy (non-hydrogen) atoms. The fraction of sp³-hybridized carbons (Fsp3) is 0.286. The summed E-state index contributed by atoms with van der Waals surface area (Å²) in [4.78, 5) is 24.7. The highest BCUT2D eigenvalue weighted by Gasteiger charge is 2.13. The lowest BCUT2D eigenvalue weighted by Crippen LogP contribution is -2.11. The summed E-state index contributed by atoms with van der Waals surface area (Å²) in [5.41, 5.74) is 0.676. The van der Waals surface area contributed by atoms with Crippen LogP contribution in [0.15, 0.2) is 77.3 Å². The van der Waals surface area contributed by atoms with Crippen LogP contribution in [0.3, 0.4) is 0 Å². The summed E-state index contributed by atoms with van der Waals surface area (Å²) < 4.78 is 17.4. The van der Waals surface area contributed by atoms with Crippen LogP contribution in [0, 0.1) is 0 Å². The summed E-state index contributed by atoms with van der Waals surface area (Å²) in [6.45, 7) is 2.90. The number of carbonyl (C=O) groups excluding carboxylic acids is 2. The van der Waals surface area contributed by atoms with E-state index in [0.29, 0.717) is 29.2 Å². The Hall–Kier alpha value is -3.12. The van der Waals surface area contributed by atoms with Gasteiger partial charge in [-0.15, -0.1) is 0 Å². The topological polar surface area (TPSA) is 61.8 Å². The Kier molecular flexibility index (Phi) is 10.2. The van der Waals surface area contributed by atoms with Crippen molar-refractivity contribution in [2.24, 2.45) is 0 Å². The van der Waals surface area contributed by atoms with Crippen LogP contribution in [0.25, 0.3) is 0 Å². The number of hydrogen-bond acceptors (Lipinski definition) is 5. The predicted molar refractivity (Wildman–Crippen MR) is 136 cm³/mol. The maximum Gasteiger partial charge on any atom is 0.343 e. The van der Waals surface area contributed by atoms with Crippen LogP contribution in [-0.4, -0.2) is 18.5 Å². The highest BCUT2D eigenvalue weighted by atomic mass is 79.9. The van der Waals surface area contributed by atoms with Crippen molar-refractivity contribution >= 4 is 27.9 Å². The molecule has 0 bridgehead atoms. The number of carbonyl (C=O) groups is 2. The van der Waals surface area contributed by atoms with E-state index < -0.39 is 11.9 Å². The maximum atomic E-state index is 12.4. The fourth-order valence-electron chi connectivity index (χ4n) is 3.25. The van der Waals surface area contributed by atoms with Crippen LogP contribution in [0.1, 0.15) is 66.2 Å². The van der Waals surface area contributed by atoms with Crippen LogP contribution in [0.4, 0.5) is 0 Å². The van der Waals surface area contributed by atoms with Crippen LogP contribution in [0.5, 0.6) is 17.2 Å². The Balaban J connectivity index is 1.45. The van der Waals surface area contributed by atoms with Gasteiger partial charge in [-0.05, 0) is 79.2 Å². The first-order valence-electron chi connectivity index (χ1n) is 11.6. The minimum absolute atomic E-state index is 0.337. The predicted octanol–water partition coefficient (Wildman–Crippen LogP) is 7.63. The van der Waals surface area contributed by atoms with Gasteiger partial charge in [-0.25, -0.2) is 9.59 Å². The first-order chi connectivity index (χ1) is 16.5. The van der Waals surface area contributed by atoms with Crippen LogP contribution in [-0.2, 0) is 0 Å². The van der Waals surface area contributed by atoms with Gasteiger partial charge in [-0.3, -0.25) is 0 Å². The van der Waals surface area contributed by atoms with Gasteiger partial charge in [0, 0.05) is 4.47 Å². The standard InChI is InChI=1S/C28H29BrO5/c1-2-3-4-5-6-7-20-32-24-16-18-26(19-17-24)34-28(31)22-10-8-21(9-11-22)27(30)33-25-14-12-23(29)13-15-25/h8-19H,2-7,20H2,1H3. The van der Waals surface area contributed by atoms with E-state index in [4.69, 9.17) is 14.2 Å². The molecule has 0 aliphatic rings. The van der Waals surface area contributed by atoms with Gasteiger partial charge in [0.05, 0.1) is 17.7 Å². The van der Waals surface area contributed by atoms with E-state index in [2.05, 4.69) is 22.9 Å². The molecule has 178 valence electrons. The molecule has 0 spiro atoms. The molecule has 3 aromatic carbocycles. The Morgan fingerprint density at radius 1 is 0.618 bits per heavy atom. The zero-order valence-electron chi connectivity index (χ0n) is 19.3. The fourth-order valence-corrected chi connectivity index (χ4v) is 3.52. The molecule has 0 amide bonds. The van der Waals surface area contributed by atoms with Crippen LogP contribution in [0.2, 0.25) is 0 Å². The Labute approximate surface area is 209 Å². The summed E-state index contributed by atoms with van der Waals surface area (Å²) in [7, 11) is 0. The summed E-state index contributed by atoms with van der Waals surface area (Å²) in [6.07, 6.45) is 7.30. The highest BCUT2D eigenvalue weighted by molar-refractivity contribution is 9.10. The van der Waals surface area contributed by atoms with Gasteiger partial charge in [0.1, 0.15) is 17.2 Å². The van der Waals surface area contributed by atoms with E-state index in [1.165, 1.54) is 44.2 Å². The Morgan fingerprint density at radius 3 is 1.59 bits per heavy atom. The lowest BCUT2D eigenvalue weighted by molar-refractivity contribution is 0.0720. The van der Waals surface area contributed by atoms with Gasteiger partial charge in [-0.2, -0.15) is 0 Å². The van der Waals surface area contributed by atoms with Gasteiger partial charge < -0.3 is 14.2 Å². The monoisotopic (exact) mass is 524 g/mol. The third-order valence-electron chi connectivity index (χ3n) is 5.18. The summed E-state index contributed by atoms with van der Waals surface area (Å²) in [5, 5.41) is 0. The lowest BCUT2D eigenvalue weighted by atomic mass is 10.1. The molecule has 3 rings (SSSR count). The van der Waals surface area contributed by atoms with E-state index in [1.807, 2.05) is 0 Å². The lowest BCUT2D eigenvalue weighted by Gasteiger charge is -2.08. The molecule has 0 aliphatic carbocycles. The van der Waals surface area contributed by atoms with Crippen molar-refractivity contribution in [2.75, 3.05) is 6.61 Å². The average Bonchev–Trinajstić information content (AvgIpc) is 2.86. The van der Waals surface area contributed by atoms with Crippen molar-refractivity contribution in [1.82, 2.24) is 0 Å². The molecule has 0 aromatic heterocycles. The van der Waals surface area contributed by atoms with Crippen molar-refractivity contribution in [3.05, 3.63) is 88.4 Å². The van der Waals surface area contributed by atoms with Crippen molar-refractivity contribution in [3.63, 3.8) is 0 Å². The number of halogens is 1. The van der Waals surface area contributed by atoms with E-state index in [1.54, 1.807) is 60.7 Å². The smallest absolute Gasteiger partial charge is 0.343 e. The highest BCUT2D eigenvalue weighted by Crippen LogP contribution is 2.20. The molecule has 6 heteroatoms. The Bertz CT molecular complexity index is 1040. The number of ether oxygens (including phenoxy) is 3. The minimum atomic E-state index is -0.506. The second kappa shape index (κ2) is 13.6. The molecular weight excluding hydrogens is 496 g/mol. The third-order valence-corrected chi connectivity index (χ3v) is 5.71. The number of esters is 2. The normalized spacial score (nSPS) is 10.5. The molecule has 0 radical (unpaired) electrons. The van der Waals surface area contributed by atoms with Crippen LogP contribution >= 0.6 is 15.9 Å². The molecule has 0 unspecified atom stereocenters. The third kappa shape index (κ3) is 8.34. The summed E-state index contributed by atoms with van der Waals surface area (Å²) in [6, 6.07) is 20.1. The van der Waals surface area contributed by atoms with Gasteiger partial charge in [-0.1, -0.05) is 55.0 Å². The molecule has 0 atom stereocenters. The van der Waals surface area contributed by atoms with E-state index in [-0.39, 0.29) is 0 Å². The molecule has 0 saturated carbocycles. The zero-order chi connectivity index (χ0) is 24.2. The average molecular weight is 525 g/mol. The number of rotatable bonds is 12. The number of benzene rings is 3. The van der Waals surface area contributed by atoms with Crippen LogP contribution < -0.4 is 14.2 Å². The second-order valence-corrected chi connectivity index (χ2v) is 8.81. The first kappa shape index (κ1) is 25.5. The number of unbranched alkanes of at least 4 members (excludes halogenated alkanes) is 5. The Morgan fingerprint density at radius 2 is 1.06 bits per heavy atom. The molecule has 5 nitrogen and oxygen atoms in total. The quantitative estimate of drug-likeness (QED) is 0.138. The number of hydrogen-bond donors (Lipinski definition) is 0. The molecule has 3 aromatic rings. The maximum absolute atomic E-state index is 12.4. The molecule has 0 saturated heterocycles. The first-order valence-corrected chi connectivity index (χ1v) is 12.4. The minimum Gasteiger partial charge on any atom is -0.494 e. The van der Waals surface area contributed by atoms with E-state index in [0.717, 1.165) is 16.6 Å². The van der Waals surface area contributed by atoms with E-state index in [9.17, 15) is 9.59 Å². The van der Waals surface area contributed by atoms with Crippen molar-refractivity contribution in [2.45, 2.75) is 45.4 Å². The molecule has 0 heterocycles. The van der Waals surface area contributed by atoms with E-state index >= 15 is 0 Å². The van der Waals surface area contributed by atoms with Crippen molar-refractivity contribution < 1.29 is 23.8 Å². The van der Waals surface area contributed by atoms with Crippen molar-refractivity contribution in [3.8, 4) is 17.2 Å². The van der Waals surface area contributed by atoms with Gasteiger partial charge in [0.15, 0.2) is 0 Å². The molecule has 0 aliphatic heterocycles.